The van der Waals surface area contributed by atoms with Gasteiger partial charge in [0.15, 0.2) is 0 Å². The molecule has 0 aromatic rings. The molecule has 0 amide bonds. The Morgan fingerprint density at radius 1 is 1.15 bits per heavy atom. The van der Waals surface area contributed by atoms with Crippen molar-refractivity contribution in [2.24, 2.45) is 0 Å². The zero-order valence-corrected chi connectivity index (χ0v) is 7.33. The SMILES string of the molecule is C=CCOCC=C.O=S(=O)(O)O.[KH]. The minimum absolute atomic E-state index is 0. The monoisotopic (exact) mass is 236 g/mol. The third kappa shape index (κ3) is 63.4. The third-order valence-corrected chi connectivity index (χ3v) is 0.471. The first-order valence-electron chi connectivity index (χ1n) is 2.91. The first kappa shape index (κ1) is 19.5. The first-order valence-corrected chi connectivity index (χ1v) is 4.31. The normalized spacial score (nSPS) is 8.77. The molecule has 0 bridgehead atoms. The maximum absolute atomic E-state index is 8.74. The Labute approximate surface area is 121 Å². The van der Waals surface area contributed by atoms with Crippen LogP contribution in [0.1, 0.15) is 0 Å². The van der Waals surface area contributed by atoms with Gasteiger partial charge in [0.2, 0.25) is 0 Å². The van der Waals surface area contributed by atoms with E-state index < -0.39 is 10.4 Å². The maximum atomic E-state index is 8.74. The predicted molar refractivity (Wildman–Crippen MR) is 52.5 cm³/mol. The van der Waals surface area contributed by atoms with Crippen LogP contribution in [0.4, 0.5) is 0 Å². The van der Waals surface area contributed by atoms with E-state index in [1.165, 1.54) is 0 Å². The van der Waals surface area contributed by atoms with Crippen LogP contribution in [0.25, 0.3) is 0 Å². The van der Waals surface area contributed by atoms with Crippen molar-refractivity contribution in [2.45, 2.75) is 0 Å². The van der Waals surface area contributed by atoms with Crippen molar-refractivity contribution in [3.05, 3.63) is 25.3 Å². The van der Waals surface area contributed by atoms with Crippen molar-refractivity contribution in [2.75, 3.05) is 13.2 Å². The van der Waals surface area contributed by atoms with Gasteiger partial charge in [-0.25, -0.2) is 0 Å². The molecular formula is C6H13KO5S. The van der Waals surface area contributed by atoms with E-state index >= 15 is 0 Å². The Hall–Kier alpha value is 0.946. The van der Waals surface area contributed by atoms with Crippen LogP contribution >= 0.6 is 0 Å². The van der Waals surface area contributed by atoms with Crippen molar-refractivity contribution in [1.82, 2.24) is 0 Å². The van der Waals surface area contributed by atoms with Crippen molar-refractivity contribution in [3.63, 3.8) is 0 Å². The summed E-state index contributed by atoms with van der Waals surface area (Å²) in [5, 5.41) is 0. The molecule has 0 aromatic heterocycles. The molecule has 0 atom stereocenters. The van der Waals surface area contributed by atoms with Crippen LogP contribution < -0.4 is 0 Å². The summed E-state index contributed by atoms with van der Waals surface area (Å²) in [6.45, 7) is 8.18. The molecule has 0 aliphatic heterocycles. The van der Waals surface area contributed by atoms with Gasteiger partial charge in [0.25, 0.3) is 0 Å². The van der Waals surface area contributed by atoms with Crippen LogP contribution in [0.5, 0.6) is 0 Å². The van der Waals surface area contributed by atoms with Crippen LogP contribution in [0.15, 0.2) is 25.3 Å². The van der Waals surface area contributed by atoms with Crippen molar-refractivity contribution < 1.29 is 22.3 Å². The summed E-state index contributed by atoms with van der Waals surface area (Å²) in [4.78, 5) is 0. The molecule has 0 heterocycles. The fourth-order valence-corrected chi connectivity index (χ4v) is 0.235. The van der Waals surface area contributed by atoms with Gasteiger partial charge in [-0.1, -0.05) is 12.2 Å². The van der Waals surface area contributed by atoms with Gasteiger partial charge in [-0.2, -0.15) is 8.42 Å². The summed E-state index contributed by atoms with van der Waals surface area (Å²) in [7, 11) is -4.67. The van der Waals surface area contributed by atoms with Gasteiger partial charge in [-0.3, -0.25) is 9.11 Å². The van der Waals surface area contributed by atoms with Gasteiger partial charge in [-0.05, 0) is 0 Å². The Bertz CT molecular complexity index is 195. The Morgan fingerprint density at radius 2 is 1.38 bits per heavy atom. The van der Waals surface area contributed by atoms with Gasteiger partial charge in [0.1, 0.15) is 0 Å². The molecule has 7 heteroatoms. The number of rotatable bonds is 4. The van der Waals surface area contributed by atoms with E-state index in [0.717, 1.165) is 0 Å². The number of hydrogen-bond donors (Lipinski definition) is 2. The second kappa shape index (κ2) is 12.9. The van der Waals surface area contributed by atoms with E-state index in [4.69, 9.17) is 22.3 Å². The quantitative estimate of drug-likeness (QED) is 0.312. The molecule has 74 valence electrons. The van der Waals surface area contributed by atoms with Gasteiger partial charge in [0.05, 0.1) is 13.2 Å². The average Bonchev–Trinajstić information content (AvgIpc) is 1.85. The molecule has 0 unspecified atom stereocenters. The summed E-state index contributed by atoms with van der Waals surface area (Å²) in [5.41, 5.74) is 0. The topological polar surface area (TPSA) is 83.8 Å². The molecule has 0 fully saturated rings. The first-order chi connectivity index (χ1) is 5.41. The van der Waals surface area contributed by atoms with E-state index in [2.05, 4.69) is 13.2 Å². The summed E-state index contributed by atoms with van der Waals surface area (Å²) in [6, 6.07) is 0. The van der Waals surface area contributed by atoms with Gasteiger partial charge in [0, 0.05) is 0 Å². The van der Waals surface area contributed by atoms with E-state index in [0.29, 0.717) is 13.2 Å². The molecule has 0 radical (unpaired) electrons. The molecule has 0 rings (SSSR count). The molecule has 0 aromatic carbocycles. The van der Waals surface area contributed by atoms with Gasteiger partial charge >= 0.3 is 61.8 Å². The second-order valence-corrected chi connectivity index (χ2v) is 2.46. The molecule has 0 spiro atoms. The predicted octanol–water partition coefficient (Wildman–Crippen LogP) is 0.0737. The molecule has 0 aliphatic carbocycles. The molecule has 5 nitrogen and oxygen atoms in total. The van der Waals surface area contributed by atoms with Crippen LogP contribution in [-0.4, -0.2) is 82.1 Å². The van der Waals surface area contributed by atoms with Crippen LogP contribution in [0, 0.1) is 0 Å². The second-order valence-electron chi connectivity index (χ2n) is 1.56. The molecule has 0 aliphatic rings. The van der Waals surface area contributed by atoms with Crippen LogP contribution in [0.2, 0.25) is 0 Å². The third-order valence-electron chi connectivity index (χ3n) is 0.471. The van der Waals surface area contributed by atoms with Crippen molar-refractivity contribution in [1.29, 1.82) is 0 Å². The van der Waals surface area contributed by atoms with E-state index in [1.54, 1.807) is 12.2 Å². The van der Waals surface area contributed by atoms with Crippen molar-refractivity contribution in [3.8, 4) is 0 Å². The molecule has 0 saturated carbocycles. The Kier molecular flexibility index (Phi) is 19.4. The summed E-state index contributed by atoms with van der Waals surface area (Å²) in [5.74, 6) is 0. The molecule has 2 N–H and O–H groups in total. The minimum atomic E-state index is -4.67. The van der Waals surface area contributed by atoms with Gasteiger partial charge in [-0.15, -0.1) is 13.2 Å². The van der Waals surface area contributed by atoms with E-state index in [1.807, 2.05) is 0 Å². The Balaban J connectivity index is -0.000000150. The molecule has 0 saturated heterocycles. The number of hydrogen-bond acceptors (Lipinski definition) is 3. The van der Waals surface area contributed by atoms with E-state index in [-0.39, 0.29) is 51.4 Å². The zero-order valence-electron chi connectivity index (χ0n) is 6.51. The number of ether oxygens (including phenoxy) is 1. The zero-order chi connectivity index (χ0) is 10.0. The molecule has 13 heavy (non-hydrogen) atoms. The van der Waals surface area contributed by atoms with Crippen molar-refractivity contribution >= 4 is 61.8 Å². The fraction of sp³-hybridized carbons (Fsp3) is 0.333. The van der Waals surface area contributed by atoms with Crippen LogP contribution in [-0.2, 0) is 15.1 Å². The summed E-state index contributed by atoms with van der Waals surface area (Å²) in [6.07, 6.45) is 3.42. The Morgan fingerprint density at radius 3 is 1.54 bits per heavy atom. The summed E-state index contributed by atoms with van der Waals surface area (Å²) < 4.78 is 36.5. The van der Waals surface area contributed by atoms with Gasteiger partial charge < -0.3 is 4.74 Å². The standard InChI is InChI=1S/C6H10O.K.H2O4S.H/c1-3-5-7-6-4-2;;1-5(2,3)4;/h3-4H,1-2,5-6H2;;(H2,1,2,3,4);. The average molecular weight is 236 g/mol. The van der Waals surface area contributed by atoms with Crippen LogP contribution in [0.3, 0.4) is 0 Å². The van der Waals surface area contributed by atoms with E-state index in [9.17, 15) is 0 Å². The summed E-state index contributed by atoms with van der Waals surface area (Å²) >= 11 is 0. The molecular weight excluding hydrogens is 223 g/mol. The fourth-order valence-electron chi connectivity index (χ4n) is 0.235.